The number of unbranched alkanes of at least 4 members (excludes halogenated alkanes) is 1. The Morgan fingerprint density at radius 3 is 2.50 bits per heavy atom. The predicted molar refractivity (Wildman–Crippen MR) is 60.3 cm³/mol. The van der Waals surface area contributed by atoms with E-state index in [4.69, 9.17) is 5.11 Å². The first-order chi connectivity index (χ1) is 7.47. The number of aliphatic carboxylic acids is 1. The number of carbonyl (C=O) groups excluding carboxylic acids is 1. The predicted octanol–water partition coefficient (Wildman–Crippen LogP) is 1.48. The van der Waals surface area contributed by atoms with Crippen LogP contribution >= 0.6 is 0 Å². The summed E-state index contributed by atoms with van der Waals surface area (Å²) in [5.74, 6) is -0.968. The third kappa shape index (κ3) is 4.08. The molecule has 1 aliphatic carbocycles. The Balaban J connectivity index is 2.35. The summed E-state index contributed by atoms with van der Waals surface area (Å²) >= 11 is 0. The second-order valence-corrected chi connectivity index (χ2v) is 4.69. The molecule has 1 unspecified atom stereocenters. The van der Waals surface area contributed by atoms with Gasteiger partial charge in [0.2, 0.25) is 0 Å². The van der Waals surface area contributed by atoms with Gasteiger partial charge in [0.1, 0.15) is 6.04 Å². The van der Waals surface area contributed by atoms with Gasteiger partial charge in [-0.2, -0.15) is 0 Å². The van der Waals surface area contributed by atoms with Crippen molar-refractivity contribution in [3.8, 4) is 0 Å². The average molecular weight is 228 g/mol. The molecule has 1 atom stereocenters. The summed E-state index contributed by atoms with van der Waals surface area (Å²) in [6, 6.07) is -1.15. The van der Waals surface area contributed by atoms with Crippen molar-refractivity contribution in [3.05, 3.63) is 0 Å². The summed E-state index contributed by atoms with van der Waals surface area (Å²) in [6.45, 7) is 3.94. The first kappa shape index (κ1) is 12.8. The lowest BCUT2D eigenvalue weighted by atomic mass is 10.1. The van der Waals surface area contributed by atoms with E-state index in [1.807, 2.05) is 13.8 Å². The molecule has 0 aromatic rings. The van der Waals surface area contributed by atoms with E-state index in [-0.39, 0.29) is 11.6 Å². The van der Waals surface area contributed by atoms with Gasteiger partial charge in [0.25, 0.3) is 0 Å². The van der Waals surface area contributed by atoms with E-state index < -0.39 is 12.0 Å². The second kappa shape index (κ2) is 5.18. The maximum atomic E-state index is 11.5. The molecule has 0 aromatic carbocycles. The highest BCUT2D eigenvalue weighted by Gasteiger charge is 2.39. The summed E-state index contributed by atoms with van der Waals surface area (Å²) in [4.78, 5) is 22.4. The van der Waals surface area contributed by atoms with Gasteiger partial charge >= 0.3 is 12.0 Å². The first-order valence-electron chi connectivity index (χ1n) is 5.78. The number of carbonyl (C=O) groups is 2. The Labute approximate surface area is 95.6 Å². The minimum absolute atomic E-state index is 0.113. The maximum absolute atomic E-state index is 11.5. The molecular weight excluding hydrogens is 208 g/mol. The molecule has 92 valence electrons. The van der Waals surface area contributed by atoms with Gasteiger partial charge in [0, 0.05) is 5.54 Å². The topological polar surface area (TPSA) is 78.4 Å². The molecule has 1 saturated carbocycles. The Kier molecular flexibility index (Phi) is 4.15. The van der Waals surface area contributed by atoms with Crippen LogP contribution in [0.15, 0.2) is 0 Å². The van der Waals surface area contributed by atoms with Gasteiger partial charge in [-0.15, -0.1) is 0 Å². The number of carboxylic acids is 1. The molecule has 0 radical (unpaired) electrons. The van der Waals surface area contributed by atoms with Gasteiger partial charge in [-0.25, -0.2) is 9.59 Å². The van der Waals surface area contributed by atoms with Crippen LogP contribution in [0.2, 0.25) is 0 Å². The molecule has 2 amide bonds. The highest BCUT2D eigenvalue weighted by molar-refractivity contribution is 5.83. The zero-order chi connectivity index (χ0) is 12.2. The van der Waals surface area contributed by atoms with Crippen LogP contribution in [0.5, 0.6) is 0 Å². The van der Waals surface area contributed by atoms with Crippen LogP contribution in [0.3, 0.4) is 0 Å². The summed E-state index contributed by atoms with van der Waals surface area (Å²) < 4.78 is 0. The van der Waals surface area contributed by atoms with Gasteiger partial charge in [-0.05, 0) is 26.2 Å². The molecular formula is C11H20N2O3. The van der Waals surface area contributed by atoms with Crippen LogP contribution in [0.25, 0.3) is 0 Å². The van der Waals surface area contributed by atoms with E-state index in [0.717, 1.165) is 25.7 Å². The molecule has 1 fully saturated rings. The summed E-state index contributed by atoms with van der Waals surface area (Å²) in [5.41, 5.74) is -0.113. The van der Waals surface area contributed by atoms with Crippen molar-refractivity contribution in [2.45, 2.75) is 57.5 Å². The highest BCUT2D eigenvalue weighted by Crippen LogP contribution is 2.33. The van der Waals surface area contributed by atoms with Crippen LogP contribution in [0.1, 0.15) is 46.0 Å². The third-order valence-corrected chi connectivity index (χ3v) is 2.87. The van der Waals surface area contributed by atoms with Gasteiger partial charge in [-0.1, -0.05) is 19.8 Å². The summed E-state index contributed by atoms with van der Waals surface area (Å²) in [5, 5.41) is 14.2. The fourth-order valence-corrected chi connectivity index (χ4v) is 1.45. The fraction of sp³-hybridized carbons (Fsp3) is 0.818. The minimum atomic E-state index is -0.968. The average Bonchev–Trinajstić information content (AvgIpc) is 2.89. The van der Waals surface area contributed by atoms with E-state index in [1.165, 1.54) is 0 Å². The molecule has 5 nitrogen and oxygen atoms in total. The summed E-state index contributed by atoms with van der Waals surface area (Å²) in [6.07, 6.45) is 4.13. The monoisotopic (exact) mass is 228 g/mol. The molecule has 0 saturated heterocycles. The van der Waals surface area contributed by atoms with E-state index in [2.05, 4.69) is 10.6 Å². The van der Waals surface area contributed by atoms with Crippen LogP contribution in [-0.2, 0) is 4.79 Å². The van der Waals surface area contributed by atoms with E-state index >= 15 is 0 Å². The number of nitrogens with one attached hydrogen (secondary N) is 2. The quantitative estimate of drug-likeness (QED) is 0.644. The molecule has 0 bridgehead atoms. The molecule has 0 heterocycles. The molecule has 0 aliphatic heterocycles. The van der Waals surface area contributed by atoms with E-state index in [0.29, 0.717) is 6.42 Å². The van der Waals surface area contributed by atoms with Gasteiger partial charge in [0.05, 0.1) is 0 Å². The zero-order valence-corrected chi connectivity index (χ0v) is 9.88. The van der Waals surface area contributed by atoms with Crippen molar-refractivity contribution in [3.63, 3.8) is 0 Å². The van der Waals surface area contributed by atoms with Crippen LogP contribution in [0, 0.1) is 0 Å². The Bertz CT molecular complexity index is 274. The number of carboxylic acid groups (broad SMARTS) is 1. The van der Waals surface area contributed by atoms with E-state index in [9.17, 15) is 9.59 Å². The minimum Gasteiger partial charge on any atom is -0.480 e. The lowest BCUT2D eigenvalue weighted by Gasteiger charge is -2.17. The SMILES string of the molecule is CCCCC(NC(=O)NC1(C)CC1)C(=O)O. The van der Waals surface area contributed by atoms with Crippen LogP contribution in [0.4, 0.5) is 4.79 Å². The van der Waals surface area contributed by atoms with E-state index in [1.54, 1.807) is 0 Å². The second-order valence-electron chi connectivity index (χ2n) is 4.69. The van der Waals surface area contributed by atoms with Crippen LogP contribution < -0.4 is 10.6 Å². The summed E-state index contributed by atoms with van der Waals surface area (Å²) in [7, 11) is 0. The lowest BCUT2D eigenvalue weighted by molar-refractivity contribution is -0.139. The Hall–Kier alpha value is -1.26. The van der Waals surface area contributed by atoms with Crippen molar-refractivity contribution in [1.29, 1.82) is 0 Å². The number of hydrogen-bond acceptors (Lipinski definition) is 2. The molecule has 1 rings (SSSR count). The molecule has 16 heavy (non-hydrogen) atoms. The largest absolute Gasteiger partial charge is 0.480 e. The van der Waals surface area contributed by atoms with Crippen molar-refractivity contribution >= 4 is 12.0 Å². The fourth-order valence-electron chi connectivity index (χ4n) is 1.45. The lowest BCUT2D eigenvalue weighted by Crippen LogP contribution is -2.49. The van der Waals surface area contributed by atoms with Crippen molar-refractivity contribution in [2.24, 2.45) is 0 Å². The number of urea groups is 1. The standard InChI is InChI=1S/C11H20N2O3/c1-3-4-5-8(9(14)15)12-10(16)13-11(2)6-7-11/h8H,3-7H2,1-2H3,(H,14,15)(H2,12,13,16). The molecule has 5 heteroatoms. The number of rotatable bonds is 6. The maximum Gasteiger partial charge on any atom is 0.326 e. The normalized spacial score (nSPS) is 18.6. The number of hydrogen-bond donors (Lipinski definition) is 3. The van der Waals surface area contributed by atoms with Crippen molar-refractivity contribution in [1.82, 2.24) is 10.6 Å². The van der Waals surface area contributed by atoms with Gasteiger partial charge in [0.15, 0.2) is 0 Å². The molecule has 0 aromatic heterocycles. The molecule has 0 spiro atoms. The third-order valence-electron chi connectivity index (χ3n) is 2.87. The smallest absolute Gasteiger partial charge is 0.326 e. The van der Waals surface area contributed by atoms with Crippen molar-refractivity contribution in [2.75, 3.05) is 0 Å². The van der Waals surface area contributed by atoms with Crippen molar-refractivity contribution < 1.29 is 14.7 Å². The Morgan fingerprint density at radius 2 is 2.06 bits per heavy atom. The highest BCUT2D eigenvalue weighted by atomic mass is 16.4. The molecule has 3 N–H and O–H groups in total. The number of amides is 2. The molecule has 1 aliphatic rings. The Morgan fingerprint density at radius 1 is 1.44 bits per heavy atom. The van der Waals surface area contributed by atoms with Gasteiger partial charge < -0.3 is 15.7 Å². The van der Waals surface area contributed by atoms with Gasteiger partial charge in [-0.3, -0.25) is 0 Å². The first-order valence-corrected chi connectivity index (χ1v) is 5.78. The van der Waals surface area contributed by atoms with Crippen LogP contribution in [-0.4, -0.2) is 28.7 Å². The zero-order valence-electron chi connectivity index (χ0n) is 9.88.